The summed E-state index contributed by atoms with van der Waals surface area (Å²) in [7, 11) is 0. The molecule has 0 spiro atoms. The Hall–Kier alpha value is -1.37. The van der Waals surface area contributed by atoms with Crippen LogP contribution in [0.25, 0.3) is 0 Å². The average Bonchev–Trinajstić information content (AvgIpc) is 2.98. The van der Waals surface area contributed by atoms with Crippen LogP contribution in [-0.2, 0) is 16.1 Å². The first kappa shape index (κ1) is 13.1. The van der Waals surface area contributed by atoms with Crippen molar-refractivity contribution in [3.8, 4) is 0 Å². The lowest BCUT2D eigenvalue weighted by Crippen LogP contribution is -2.30. The zero-order valence-corrected chi connectivity index (χ0v) is 10.4. The Morgan fingerprint density at radius 1 is 1.67 bits per heavy atom. The molecule has 0 aliphatic carbocycles. The number of ether oxygens (including phenoxy) is 2. The van der Waals surface area contributed by atoms with Crippen LogP contribution in [0, 0.1) is 12.8 Å². The fourth-order valence-electron chi connectivity index (χ4n) is 1.96. The highest BCUT2D eigenvalue weighted by Gasteiger charge is 2.17. The van der Waals surface area contributed by atoms with Crippen LogP contribution in [0.3, 0.4) is 0 Å². The first-order valence-electron chi connectivity index (χ1n) is 5.96. The fourth-order valence-corrected chi connectivity index (χ4v) is 1.96. The molecule has 6 heteroatoms. The van der Waals surface area contributed by atoms with Gasteiger partial charge in [-0.2, -0.15) is 0 Å². The predicted octanol–water partition coefficient (Wildman–Crippen LogP) is 0.745. The van der Waals surface area contributed by atoms with Crippen LogP contribution in [-0.4, -0.2) is 25.7 Å². The van der Waals surface area contributed by atoms with Gasteiger partial charge in [-0.05, 0) is 19.4 Å². The van der Waals surface area contributed by atoms with Gasteiger partial charge in [-0.15, -0.1) is 0 Å². The maximum Gasteiger partial charge on any atom is 0.268 e. The minimum Gasteiger partial charge on any atom is -0.463 e. The van der Waals surface area contributed by atoms with E-state index in [4.69, 9.17) is 19.7 Å². The minimum absolute atomic E-state index is 0.355. The third-order valence-corrected chi connectivity index (χ3v) is 2.97. The van der Waals surface area contributed by atoms with Gasteiger partial charge in [0.2, 0.25) is 0 Å². The fraction of sp³-hybridized carbons (Fsp3) is 0.583. The molecule has 6 nitrogen and oxygen atoms in total. The van der Waals surface area contributed by atoms with E-state index >= 15 is 0 Å². The molecule has 100 valence electrons. The number of nitrogens with two attached hydrogens (primary N) is 1. The Bertz CT molecular complexity index is 410. The molecule has 1 aromatic heterocycles. The van der Waals surface area contributed by atoms with Gasteiger partial charge in [0.1, 0.15) is 18.1 Å². The summed E-state index contributed by atoms with van der Waals surface area (Å²) >= 11 is 0. The van der Waals surface area contributed by atoms with Crippen molar-refractivity contribution in [1.29, 1.82) is 0 Å². The van der Waals surface area contributed by atoms with Crippen molar-refractivity contribution in [2.75, 3.05) is 19.8 Å². The third-order valence-electron chi connectivity index (χ3n) is 2.97. The van der Waals surface area contributed by atoms with Gasteiger partial charge in [0.25, 0.3) is 5.91 Å². The smallest absolute Gasteiger partial charge is 0.268 e. The van der Waals surface area contributed by atoms with E-state index < -0.39 is 0 Å². The number of hydrazine groups is 1. The molecule has 18 heavy (non-hydrogen) atoms. The van der Waals surface area contributed by atoms with Crippen molar-refractivity contribution in [2.45, 2.75) is 20.0 Å². The number of hydrogen-bond donors (Lipinski definition) is 2. The van der Waals surface area contributed by atoms with Crippen LogP contribution in [0.15, 0.2) is 10.5 Å². The van der Waals surface area contributed by atoms with Gasteiger partial charge in [0.15, 0.2) is 0 Å². The van der Waals surface area contributed by atoms with Crippen molar-refractivity contribution >= 4 is 5.91 Å². The number of carbonyl (C=O) groups excluding carboxylic acids is 1. The standard InChI is InChI=1S/C12H18N2O4/c1-8-11(12(15)14-13)4-10(18-8)7-17-6-9-2-3-16-5-9/h4,9H,2-3,5-7,13H2,1H3,(H,14,15). The van der Waals surface area contributed by atoms with Gasteiger partial charge in [-0.3, -0.25) is 10.2 Å². The lowest BCUT2D eigenvalue weighted by Gasteiger charge is -2.06. The van der Waals surface area contributed by atoms with E-state index in [-0.39, 0.29) is 5.91 Å². The van der Waals surface area contributed by atoms with E-state index in [1.807, 2.05) is 0 Å². The zero-order chi connectivity index (χ0) is 13.0. The summed E-state index contributed by atoms with van der Waals surface area (Å²) in [6.45, 7) is 4.30. The van der Waals surface area contributed by atoms with Crippen LogP contribution in [0.2, 0.25) is 0 Å². The number of carbonyl (C=O) groups is 1. The number of hydrogen-bond acceptors (Lipinski definition) is 5. The molecule has 2 heterocycles. The molecule has 1 aliphatic heterocycles. The molecule has 1 saturated heterocycles. The molecule has 0 saturated carbocycles. The molecule has 1 fully saturated rings. The van der Waals surface area contributed by atoms with Gasteiger partial charge in [-0.25, -0.2) is 5.84 Å². The Kier molecular flexibility index (Phi) is 4.35. The van der Waals surface area contributed by atoms with Crippen molar-refractivity contribution in [1.82, 2.24) is 5.43 Å². The van der Waals surface area contributed by atoms with E-state index in [0.717, 1.165) is 19.6 Å². The lowest BCUT2D eigenvalue weighted by atomic mass is 10.1. The normalized spacial score (nSPS) is 19.1. The third kappa shape index (κ3) is 3.10. The molecular weight excluding hydrogens is 236 g/mol. The summed E-state index contributed by atoms with van der Waals surface area (Å²) in [4.78, 5) is 11.4. The van der Waals surface area contributed by atoms with Crippen molar-refractivity contribution in [2.24, 2.45) is 11.8 Å². The van der Waals surface area contributed by atoms with Crippen LogP contribution >= 0.6 is 0 Å². The van der Waals surface area contributed by atoms with Gasteiger partial charge < -0.3 is 13.9 Å². The SMILES string of the molecule is Cc1oc(COCC2CCOC2)cc1C(=O)NN. The summed E-state index contributed by atoms with van der Waals surface area (Å²) in [6, 6.07) is 1.66. The zero-order valence-electron chi connectivity index (χ0n) is 10.4. The van der Waals surface area contributed by atoms with Crippen LogP contribution in [0.5, 0.6) is 0 Å². The molecular formula is C12H18N2O4. The molecule has 2 rings (SSSR count). The number of nitrogen functional groups attached to an aromatic ring is 1. The monoisotopic (exact) mass is 254 g/mol. The van der Waals surface area contributed by atoms with E-state index in [2.05, 4.69) is 5.43 Å². The van der Waals surface area contributed by atoms with Gasteiger partial charge in [-0.1, -0.05) is 0 Å². The predicted molar refractivity (Wildman–Crippen MR) is 63.7 cm³/mol. The second-order valence-electron chi connectivity index (χ2n) is 4.40. The molecule has 0 bridgehead atoms. The van der Waals surface area contributed by atoms with E-state index in [0.29, 0.717) is 36.2 Å². The number of aryl methyl sites for hydroxylation is 1. The summed E-state index contributed by atoms with van der Waals surface area (Å²) in [5, 5.41) is 0. The Morgan fingerprint density at radius 2 is 2.50 bits per heavy atom. The Labute approximate surface area is 105 Å². The second kappa shape index (κ2) is 5.99. The molecule has 0 radical (unpaired) electrons. The molecule has 1 atom stereocenters. The maximum absolute atomic E-state index is 11.4. The summed E-state index contributed by atoms with van der Waals surface area (Å²) < 4.78 is 16.2. The lowest BCUT2D eigenvalue weighted by molar-refractivity contribution is 0.0687. The summed E-state index contributed by atoms with van der Waals surface area (Å²) in [5.74, 6) is 6.36. The quantitative estimate of drug-likeness (QED) is 0.460. The maximum atomic E-state index is 11.4. The van der Waals surface area contributed by atoms with Crippen molar-refractivity contribution < 1.29 is 18.7 Å². The first-order valence-corrected chi connectivity index (χ1v) is 5.96. The van der Waals surface area contributed by atoms with E-state index in [1.54, 1.807) is 13.0 Å². The van der Waals surface area contributed by atoms with Crippen molar-refractivity contribution in [3.63, 3.8) is 0 Å². The topological polar surface area (TPSA) is 86.7 Å². The van der Waals surface area contributed by atoms with Gasteiger partial charge in [0, 0.05) is 12.5 Å². The second-order valence-corrected chi connectivity index (χ2v) is 4.40. The van der Waals surface area contributed by atoms with Gasteiger partial charge >= 0.3 is 0 Å². The minimum atomic E-state index is -0.355. The summed E-state index contributed by atoms with van der Waals surface area (Å²) in [6.07, 6.45) is 1.04. The highest BCUT2D eigenvalue weighted by molar-refractivity contribution is 5.94. The van der Waals surface area contributed by atoms with E-state index in [1.165, 1.54) is 0 Å². The highest BCUT2D eigenvalue weighted by Crippen LogP contribution is 2.17. The van der Waals surface area contributed by atoms with Crippen LogP contribution < -0.4 is 11.3 Å². The largest absolute Gasteiger partial charge is 0.463 e. The number of nitrogens with one attached hydrogen (secondary N) is 1. The number of rotatable bonds is 5. The van der Waals surface area contributed by atoms with Gasteiger partial charge in [0.05, 0.1) is 18.8 Å². The first-order chi connectivity index (χ1) is 8.70. The molecule has 0 aromatic carbocycles. The van der Waals surface area contributed by atoms with Crippen LogP contribution in [0.1, 0.15) is 28.3 Å². The molecule has 1 unspecified atom stereocenters. The Morgan fingerprint density at radius 3 is 3.17 bits per heavy atom. The Balaban J connectivity index is 1.83. The molecule has 1 amide bonds. The molecule has 1 aliphatic rings. The summed E-state index contributed by atoms with van der Waals surface area (Å²) in [5.41, 5.74) is 2.52. The molecule has 1 aromatic rings. The average molecular weight is 254 g/mol. The molecule has 3 N–H and O–H groups in total. The van der Waals surface area contributed by atoms with Crippen LogP contribution in [0.4, 0.5) is 0 Å². The highest BCUT2D eigenvalue weighted by atomic mass is 16.5. The van der Waals surface area contributed by atoms with Crippen molar-refractivity contribution in [3.05, 3.63) is 23.2 Å². The number of furan rings is 1. The number of amides is 1. The van der Waals surface area contributed by atoms with E-state index in [9.17, 15) is 4.79 Å².